The standard InChI is InChI=1S/C34H40F2N4O4.C2H6O/c1-34(2,3)44-33(42)39(31-18-26(35)23(21-41)16-32(31)43-5)14-7-8-24-17-25-28(37-29-13-15-38(4)20-27(29)36)9-6-10-30(25)40(24)19-22-11-12-22;1-3-2/h6,9-10,16-18,21-22,27,29,37H,11-15,19-20H2,1-5H3;1-2H3. The van der Waals surface area contributed by atoms with Crippen molar-refractivity contribution in [1.82, 2.24) is 9.47 Å². The molecule has 254 valence electrons. The minimum Gasteiger partial charge on any atom is -0.495 e. The summed E-state index contributed by atoms with van der Waals surface area (Å²) in [5.41, 5.74) is 1.73. The van der Waals surface area contributed by atoms with Crippen molar-refractivity contribution in [2.45, 2.75) is 64.4 Å². The lowest BCUT2D eigenvalue weighted by molar-refractivity contribution is 0.0584. The number of aldehydes is 1. The van der Waals surface area contributed by atoms with E-state index in [4.69, 9.17) is 9.47 Å². The second kappa shape index (κ2) is 15.6. The fourth-order valence-corrected chi connectivity index (χ4v) is 5.49. The molecule has 2 unspecified atom stereocenters. The summed E-state index contributed by atoms with van der Waals surface area (Å²) in [6.45, 7) is 7.11. The van der Waals surface area contributed by atoms with Gasteiger partial charge in [-0.2, -0.15) is 0 Å². The summed E-state index contributed by atoms with van der Waals surface area (Å²) >= 11 is 0. The van der Waals surface area contributed by atoms with Crippen LogP contribution >= 0.6 is 0 Å². The highest BCUT2D eigenvalue weighted by molar-refractivity contribution is 5.94. The average molecular weight is 653 g/mol. The van der Waals surface area contributed by atoms with Gasteiger partial charge in [-0.05, 0) is 83.2 Å². The smallest absolute Gasteiger partial charge is 0.415 e. The number of ether oxygens (including phenoxy) is 3. The van der Waals surface area contributed by atoms with Crippen molar-refractivity contribution in [3.05, 3.63) is 53.5 Å². The first-order valence-corrected chi connectivity index (χ1v) is 15.8. The van der Waals surface area contributed by atoms with Crippen molar-refractivity contribution in [1.29, 1.82) is 0 Å². The van der Waals surface area contributed by atoms with Gasteiger partial charge in [0.15, 0.2) is 6.29 Å². The third-order valence-corrected chi connectivity index (χ3v) is 7.95. The molecule has 1 saturated carbocycles. The molecule has 0 spiro atoms. The van der Waals surface area contributed by atoms with Gasteiger partial charge in [-0.3, -0.25) is 9.69 Å². The zero-order valence-corrected chi connectivity index (χ0v) is 28.4. The second-order valence-electron chi connectivity index (χ2n) is 13.1. The lowest BCUT2D eigenvalue weighted by Crippen LogP contribution is -2.46. The Hall–Kier alpha value is -4.14. The maximum atomic E-state index is 14.9. The summed E-state index contributed by atoms with van der Waals surface area (Å²) in [6, 6.07) is 10.0. The molecule has 9 nitrogen and oxygen atoms in total. The zero-order chi connectivity index (χ0) is 34.3. The Morgan fingerprint density at radius 1 is 1.15 bits per heavy atom. The van der Waals surface area contributed by atoms with E-state index in [1.807, 2.05) is 36.2 Å². The minimum absolute atomic E-state index is 0.100. The van der Waals surface area contributed by atoms with Gasteiger partial charge in [-0.25, -0.2) is 13.6 Å². The van der Waals surface area contributed by atoms with Gasteiger partial charge in [0.2, 0.25) is 0 Å². The van der Waals surface area contributed by atoms with Gasteiger partial charge in [0.1, 0.15) is 23.3 Å². The number of halogens is 2. The van der Waals surface area contributed by atoms with Crippen LogP contribution in [-0.2, 0) is 16.0 Å². The Kier molecular flexibility index (Phi) is 11.9. The lowest BCUT2D eigenvalue weighted by Gasteiger charge is -2.33. The molecule has 1 aliphatic heterocycles. The number of benzene rings is 2. The van der Waals surface area contributed by atoms with Crippen LogP contribution < -0.4 is 15.0 Å². The highest BCUT2D eigenvalue weighted by Crippen LogP contribution is 2.36. The highest BCUT2D eigenvalue weighted by Gasteiger charge is 2.29. The van der Waals surface area contributed by atoms with Gasteiger partial charge >= 0.3 is 6.09 Å². The van der Waals surface area contributed by atoms with Crippen molar-refractivity contribution in [2.75, 3.05) is 58.2 Å². The molecule has 2 atom stereocenters. The van der Waals surface area contributed by atoms with Crippen molar-refractivity contribution in [2.24, 2.45) is 5.92 Å². The number of carbonyl (C=O) groups excluding carboxylic acids is 2. The van der Waals surface area contributed by atoms with Crippen LogP contribution in [-0.4, -0.2) is 87.7 Å². The summed E-state index contributed by atoms with van der Waals surface area (Å²) in [7, 11) is 6.56. The topological polar surface area (TPSA) is 85.3 Å². The number of hydrogen-bond donors (Lipinski definition) is 1. The molecule has 0 bridgehead atoms. The van der Waals surface area contributed by atoms with Crippen LogP contribution in [0, 0.1) is 23.6 Å². The lowest BCUT2D eigenvalue weighted by atomic mass is 10.0. The minimum atomic E-state index is -0.974. The van der Waals surface area contributed by atoms with Gasteiger partial charge in [0, 0.05) is 51.0 Å². The molecule has 1 aromatic heterocycles. The van der Waals surface area contributed by atoms with Crippen LogP contribution in [0.15, 0.2) is 36.4 Å². The molecule has 1 amide bonds. The number of aromatic nitrogens is 1. The van der Waals surface area contributed by atoms with Gasteiger partial charge in [0.25, 0.3) is 0 Å². The third kappa shape index (κ3) is 9.24. The molecule has 1 aliphatic carbocycles. The van der Waals surface area contributed by atoms with E-state index in [1.54, 1.807) is 35.0 Å². The number of hydrogen-bond acceptors (Lipinski definition) is 7. The molecule has 0 radical (unpaired) electrons. The predicted octanol–water partition coefficient (Wildman–Crippen LogP) is 6.52. The number of fused-ring (bicyclic) bond motifs is 1. The van der Waals surface area contributed by atoms with Crippen molar-refractivity contribution in [3.8, 4) is 17.6 Å². The van der Waals surface area contributed by atoms with Crippen molar-refractivity contribution in [3.63, 3.8) is 0 Å². The number of nitrogens with zero attached hydrogens (tertiary/aromatic N) is 3. The van der Waals surface area contributed by atoms with E-state index < -0.39 is 23.7 Å². The maximum absolute atomic E-state index is 14.9. The van der Waals surface area contributed by atoms with Crippen LogP contribution in [0.2, 0.25) is 0 Å². The Morgan fingerprint density at radius 3 is 2.49 bits per heavy atom. The predicted molar refractivity (Wildman–Crippen MR) is 181 cm³/mol. The van der Waals surface area contributed by atoms with Crippen molar-refractivity contribution < 1.29 is 32.6 Å². The van der Waals surface area contributed by atoms with Gasteiger partial charge in [0.05, 0.1) is 42.2 Å². The monoisotopic (exact) mass is 652 g/mol. The fraction of sp³-hybridized carbons (Fsp3) is 0.500. The van der Waals surface area contributed by atoms with Crippen LogP contribution in [0.3, 0.4) is 0 Å². The van der Waals surface area contributed by atoms with E-state index in [2.05, 4.69) is 26.5 Å². The molecule has 1 N–H and O–H groups in total. The summed E-state index contributed by atoms with van der Waals surface area (Å²) in [4.78, 5) is 27.9. The van der Waals surface area contributed by atoms with Crippen LogP contribution in [0.25, 0.3) is 10.9 Å². The number of amides is 1. The van der Waals surface area contributed by atoms with Crippen LogP contribution in [0.4, 0.5) is 25.0 Å². The molecule has 47 heavy (non-hydrogen) atoms. The van der Waals surface area contributed by atoms with E-state index in [9.17, 15) is 18.4 Å². The van der Waals surface area contributed by atoms with Crippen molar-refractivity contribution >= 4 is 34.7 Å². The largest absolute Gasteiger partial charge is 0.495 e. The summed E-state index contributed by atoms with van der Waals surface area (Å²) in [5, 5.41) is 4.42. The molecule has 3 aromatic rings. The first-order valence-electron chi connectivity index (χ1n) is 15.8. The number of alkyl halides is 1. The molecule has 2 fully saturated rings. The number of anilines is 2. The molecule has 1 saturated heterocycles. The zero-order valence-electron chi connectivity index (χ0n) is 28.4. The number of nitrogens with one attached hydrogen (secondary N) is 1. The number of likely N-dealkylation sites (tertiary alicyclic amines) is 1. The van der Waals surface area contributed by atoms with E-state index in [0.29, 0.717) is 25.2 Å². The Labute approximate surface area is 276 Å². The van der Waals surface area contributed by atoms with E-state index in [-0.39, 0.29) is 29.6 Å². The normalized spacial score (nSPS) is 18.0. The van der Waals surface area contributed by atoms with Gasteiger partial charge in [-0.15, -0.1) is 0 Å². The molecule has 2 aromatic carbocycles. The summed E-state index contributed by atoms with van der Waals surface area (Å²) in [5.74, 6) is 6.25. The molecule has 5 rings (SSSR count). The summed E-state index contributed by atoms with van der Waals surface area (Å²) < 4.78 is 47.1. The molecule has 11 heteroatoms. The Morgan fingerprint density at radius 2 is 1.87 bits per heavy atom. The number of piperidine rings is 1. The highest BCUT2D eigenvalue weighted by atomic mass is 19.1. The number of methoxy groups -OCH3 is 2. The Bertz CT molecular complexity index is 1620. The number of rotatable bonds is 8. The SMILES string of the molecule is COC.COc1cc(C=O)c(F)cc1N(CC#Cc1cc2c(NC3CCN(C)CC3F)cccc2n1CC1CC1)C(=O)OC(C)(C)C. The van der Waals surface area contributed by atoms with Gasteiger partial charge < -0.3 is 29.0 Å². The quantitative estimate of drug-likeness (QED) is 0.219. The fourth-order valence-electron chi connectivity index (χ4n) is 5.49. The molecule has 2 aliphatic rings. The van der Waals surface area contributed by atoms with E-state index in [0.717, 1.165) is 54.3 Å². The Balaban J connectivity index is 0.00000160. The van der Waals surface area contributed by atoms with E-state index >= 15 is 0 Å². The van der Waals surface area contributed by atoms with Crippen LogP contribution in [0.1, 0.15) is 56.1 Å². The second-order valence-corrected chi connectivity index (χ2v) is 13.1. The van der Waals surface area contributed by atoms with E-state index in [1.165, 1.54) is 18.1 Å². The number of carbonyl (C=O) groups is 2. The third-order valence-electron chi connectivity index (χ3n) is 7.95. The first-order chi connectivity index (χ1) is 22.4. The summed E-state index contributed by atoms with van der Waals surface area (Å²) in [6.07, 6.45) is 1.70. The molecule has 2 heterocycles. The first kappa shape index (κ1) is 35.7. The van der Waals surface area contributed by atoms with Crippen LogP contribution in [0.5, 0.6) is 5.75 Å². The molecular weight excluding hydrogens is 606 g/mol. The molecular formula is C36H46F2N4O5. The average Bonchev–Trinajstić information content (AvgIpc) is 3.76. The van der Waals surface area contributed by atoms with Gasteiger partial charge in [-0.1, -0.05) is 12.0 Å². The maximum Gasteiger partial charge on any atom is 0.415 e.